The molecule has 1 N–H and O–H groups in total. The summed E-state index contributed by atoms with van der Waals surface area (Å²) in [4.78, 5) is 16.6. The highest BCUT2D eigenvalue weighted by atomic mass is 35.5. The van der Waals surface area contributed by atoms with Crippen molar-refractivity contribution >= 4 is 41.0 Å². The summed E-state index contributed by atoms with van der Waals surface area (Å²) in [7, 11) is 0. The fourth-order valence-corrected chi connectivity index (χ4v) is 3.03. The molecule has 0 aliphatic carbocycles. The first kappa shape index (κ1) is 14.9. The lowest BCUT2D eigenvalue weighted by molar-refractivity contribution is 1.07. The van der Waals surface area contributed by atoms with Gasteiger partial charge in [0.1, 0.15) is 0 Å². The second-order valence-electron chi connectivity index (χ2n) is 4.91. The third-order valence-corrected chi connectivity index (χ3v) is 4.16. The van der Waals surface area contributed by atoms with Crippen LogP contribution in [0.15, 0.2) is 48.0 Å². The first-order valence-electron chi connectivity index (χ1n) is 6.66. The molecule has 5 nitrogen and oxygen atoms in total. The number of hydrogen-bond acceptors (Lipinski definition) is 4. The van der Waals surface area contributed by atoms with E-state index in [-0.39, 0.29) is 12.4 Å². The minimum absolute atomic E-state index is 0. The summed E-state index contributed by atoms with van der Waals surface area (Å²) in [5.74, 6) is 1.50. The van der Waals surface area contributed by atoms with Crippen LogP contribution >= 0.6 is 24.2 Å². The maximum atomic E-state index is 4.58. The van der Waals surface area contributed by atoms with Crippen molar-refractivity contribution < 1.29 is 0 Å². The first-order chi connectivity index (χ1) is 10.3. The van der Waals surface area contributed by atoms with E-state index >= 15 is 0 Å². The Labute approximate surface area is 137 Å². The van der Waals surface area contributed by atoms with Crippen molar-refractivity contribution in [3.05, 3.63) is 54.1 Å². The van der Waals surface area contributed by atoms with Gasteiger partial charge in [-0.25, -0.2) is 15.0 Å². The molecule has 7 heteroatoms. The molecule has 4 aromatic rings. The van der Waals surface area contributed by atoms with Crippen molar-refractivity contribution in [2.75, 3.05) is 0 Å². The number of H-pyrrole nitrogens is 1. The van der Waals surface area contributed by atoms with Crippen LogP contribution in [0.5, 0.6) is 0 Å². The van der Waals surface area contributed by atoms with Gasteiger partial charge in [-0.15, -0.1) is 12.4 Å². The maximum Gasteiger partial charge on any atom is 0.233 e. The predicted molar refractivity (Wildman–Crippen MR) is 90.6 cm³/mol. The molecule has 0 saturated carbocycles. The Kier molecular flexibility index (Phi) is 4.04. The van der Waals surface area contributed by atoms with E-state index in [1.165, 1.54) is 5.56 Å². The quantitative estimate of drug-likeness (QED) is 0.582. The number of nitrogens with zero attached hydrogens (tertiary/aromatic N) is 4. The highest BCUT2D eigenvalue weighted by Crippen LogP contribution is 2.23. The monoisotopic (exact) mass is 331 g/mol. The van der Waals surface area contributed by atoms with Gasteiger partial charge < -0.3 is 4.98 Å². The molecule has 22 heavy (non-hydrogen) atoms. The molecule has 0 unspecified atom stereocenters. The van der Waals surface area contributed by atoms with Crippen molar-refractivity contribution in [2.24, 2.45) is 0 Å². The molecule has 0 amide bonds. The summed E-state index contributed by atoms with van der Waals surface area (Å²) < 4.78 is 1.93. The number of aromatic amines is 1. The number of benzene rings is 1. The smallest absolute Gasteiger partial charge is 0.233 e. The molecular formula is C15H14ClN5S. The molecule has 0 aliphatic rings. The highest BCUT2D eigenvalue weighted by molar-refractivity contribution is 7.98. The zero-order valence-electron chi connectivity index (χ0n) is 11.9. The fourth-order valence-electron chi connectivity index (χ4n) is 2.26. The molecule has 0 saturated heterocycles. The van der Waals surface area contributed by atoms with Gasteiger partial charge in [-0.05, 0) is 30.7 Å². The van der Waals surface area contributed by atoms with Crippen molar-refractivity contribution in [3.8, 4) is 0 Å². The largest absolute Gasteiger partial charge is 0.333 e. The average Bonchev–Trinajstić information content (AvgIpc) is 3.07. The number of rotatable bonds is 3. The number of hydrogen-bond donors (Lipinski definition) is 1. The van der Waals surface area contributed by atoms with E-state index in [9.17, 15) is 0 Å². The Hall–Kier alpha value is -2.05. The van der Waals surface area contributed by atoms with Crippen LogP contribution in [0.4, 0.5) is 0 Å². The average molecular weight is 332 g/mol. The maximum absolute atomic E-state index is 4.58. The summed E-state index contributed by atoms with van der Waals surface area (Å²) in [5.41, 5.74) is 4.30. The van der Waals surface area contributed by atoms with Crippen molar-refractivity contribution in [1.82, 2.24) is 24.3 Å². The van der Waals surface area contributed by atoms with E-state index in [0.29, 0.717) is 0 Å². The highest BCUT2D eigenvalue weighted by Gasteiger charge is 2.06. The summed E-state index contributed by atoms with van der Waals surface area (Å²) in [6.45, 7) is 2.08. The third-order valence-electron chi connectivity index (χ3n) is 3.26. The molecule has 0 bridgehead atoms. The van der Waals surface area contributed by atoms with Crippen molar-refractivity contribution in [3.63, 3.8) is 0 Å². The molecule has 3 aromatic heterocycles. The standard InChI is InChI=1S/C15H13N5S.ClH/c1-10-3-4-12-13(7-10)19-15(18-12)21-9-11-8-20-6-2-5-16-14(20)17-11;/h2-8H,9H2,1H3,(H,18,19);1H. The number of thioether (sulfide) groups is 1. The van der Waals surface area contributed by atoms with Crippen molar-refractivity contribution in [2.45, 2.75) is 17.8 Å². The molecule has 0 atom stereocenters. The van der Waals surface area contributed by atoms with Gasteiger partial charge in [0.2, 0.25) is 5.78 Å². The fraction of sp³-hybridized carbons (Fsp3) is 0.133. The van der Waals surface area contributed by atoms with Gasteiger partial charge in [0.05, 0.1) is 16.7 Å². The summed E-state index contributed by atoms with van der Waals surface area (Å²) in [6.07, 6.45) is 5.70. The third kappa shape index (κ3) is 2.80. The predicted octanol–water partition coefficient (Wildman–Crippen LogP) is 3.63. The van der Waals surface area contributed by atoms with Crippen LogP contribution in [0.2, 0.25) is 0 Å². The molecular weight excluding hydrogens is 318 g/mol. The summed E-state index contributed by atoms with van der Waals surface area (Å²) in [6, 6.07) is 8.12. The Morgan fingerprint density at radius 1 is 1.27 bits per heavy atom. The Morgan fingerprint density at radius 2 is 2.18 bits per heavy atom. The number of fused-ring (bicyclic) bond motifs is 2. The van der Waals surface area contributed by atoms with Gasteiger partial charge in [-0.3, -0.25) is 4.40 Å². The SMILES string of the molecule is Cc1ccc2nc(SCc3cn4cccnc4n3)[nH]c2c1.Cl. The zero-order chi connectivity index (χ0) is 14.2. The Balaban J connectivity index is 0.00000144. The number of nitrogens with one attached hydrogen (secondary N) is 1. The molecule has 0 aliphatic heterocycles. The van der Waals surface area contributed by atoms with E-state index in [1.807, 2.05) is 28.9 Å². The minimum atomic E-state index is 0. The summed E-state index contributed by atoms with van der Waals surface area (Å²) in [5, 5.41) is 0.917. The zero-order valence-corrected chi connectivity index (χ0v) is 13.5. The second-order valence-corrected chi connectivity index (χ2v) is 5.87. The number of aryl methyl sites for hydroxylation is 1. The van der Waals surface area contributed by atoms with E-state index < -0.39 is 0 Å². The van der Waals surface area contributed by atoms with E-state index in [4.69, 9.17) is 0 Å². The van der Waals surface area contributed by atoms with Gasteiger partial charge in [0, 0.05) is 24.3 Å². The van der Waals surface area contributed by atoms with E-state index in [1.54, 1.807) is 18.0 Å². The second kappa shape index (κ2) is 5.98. The van der Waals surface area contributed by atoms with Crippen LogP contribution in [-0.4, -0.2) is 24.3 Å². The Bertz CT molecular complexity index is 897. The van der Waals surface area contributed by atoms with Gasteiger partial charge in [0.15, 0.2) is 5.16 Å². The van der Waals surface area contributed by atoms with Gasteiger partial charge in [-0.2, -0.15) is 0 Å². The van der Waals surface area contributed by atoms with Crippen LogP contribution < -0.4 is 0 Å². The van der Waals surface area contributed by atoms with Crippen LogP contribution in [0.3, 0.4) is 0 Å². The molecule has 3 heterocycles. The van der Waals surface area contributed by atoms with Crippen LogP contribution in [0.1, 0.15) is 11.3 Å². The lowest BCUT2D eigenvalue weighted by atomic mass is 10.2. The minimum Gasteiger partial charge on any atom is -0.333 e. The van der Waals surface area contributed by atoms with E-state index in [2.05, 4.69) is 39.0 Å². The normalized spacial score (nSPS) is 11.0. The molecule has 0 fully saturated rings. The van der Waals surface area contributed by atoms with Crippen LogP contribution in [0, 0.1) is 6.92 Å². The van der Waals surface area contributed by atoms with Gasteiger partial charge in [0.25, 0.3) is 0 Å². The Morgan fingerprint density at radius 3 is 3.05 bits per heavy atom. The van der Waals surface area contributed by atoms with Crippen LogP contribution in [0.25, 0.3) is 16.8 Å². The number of imidazole rings is 2. The number of halogens is 1. The molecule has 112 valence electrons. The van der Waals surface area contributed by atoms with Crippen LogP contribution in [-0.2, 0) is 5.75 Å². The molecule has 1 aromatic carbocycles. The van der Waals surface area contributed by atoms with Crippen molar-refractivity contribution in [1.29, 1.82) is 0 Å². The summed E-state index contributed by atoms with van der Waals surface area (Å²) >= 11 is 1.65. The van der Waals surface area contributed by atoms with E-state index in [0.717, 1.165) is 33.4 Å². The van der Waals surface area contributed by atoms with Gasteiger partial charge in [-0.1, -0.05) is 17.8 Å². The lowest BCUT2D eigenvalue weighted by Gasteiger charge is -1.92. The lowest BCUT2D eigenvalue weighted by Crippen LogP contribution is -1.83. The number of aromatic nitrogens is 5. The van der Waals surface area contributed by atoms with Gasteiger partial charge >= 0.3 is 0 Å². The first-order valence-corrected chi connectivity index (χ1v) is 7.64. The molecule has 0 spiro atoms. The molecule has 4 rings (SSSR count). The molecule has 0 radical (unpaired) electrons. The topological polar surface area (TPSA) is 58.9 Å².